The van der Waals surface area contributed by atoms with Crippen molar-refractivity contribution in [1.82, 2.24) is 4.98 Å². The van der Waals surface area contributed by atoms with Gasteiger partial charge < -0.3 is 4.98 Å². The number of H-pyrrole nitrogens is 1. The molecule has 0 radical (unpaired) electrons. The Morgan fingerprint density at radius 3 is 2.22 bits per heavy atom. The number of aldehydes is 1. The van der Waals surface area contributed by atoms with E-state index in [9.17, 15) is 4.79 Å². The molecule has 3 aromatic rings. The van der Waals surface area contributed by atoms with Gasteiger partial charge in [0.15, 0.2) is 6.29 Å². The van der Waals surface area contributed by atoms with Gasteiger partial charge >= 0.3 is 0 Å². The van der Waals surface area contributed by atoms with E-state index in [1.165, 1.54) is 16.7 Å². The fraction of sp³-hybridized carbons (Fsp3) is 0.286. The molecule has 0 unspecified atom stereocenters. The van der Waals surface area contributed by atoms with Gasteiger partial charge in [-0.2, -0.15) is 0 Å². The summed E-state index contributed by atoms with van der Waals surface area (Å²) in [7, 11) is 0. The molecule has 118 valence electrons. The van der Waals surface area contributed by atoms with Gasteiger partial charge in [-0.1, -0.05) is 56.7 Å². The van der Waals surface area contributed by atoms with E-state index in [0.717, 1.165) is 34.0 Å². The number of hydrogen-bond acceptors (Lipinski definition) is 1. The molecule has 3 rings (SSSR count). The van der Waals surface area contributed by atoms with Crippen LogP contribution in [0.15, 0.2) is 36.4 Å². The Kier molecular flexibility index (Phi) is 3.63. The van der Waals surface area contributed by atoms with E-state index in [-0.39, 0.29) is 5.41 Å². The minimum atomic E-state index is 0.125. The third-order valence-corrected chi connectivity index (χ3v) is 4.45. The van der Waals surface area contributed by atoms with Crippen molar-refractivity contribution in [3.8, 4) is 11.3 Å². The number of benzene rings is 2. The third-order valence-electron chi connectivity index (χ3n) is 4.45. The highest BCUT2D eigenvalue weighted by Gasteiger charge is 2.16. The van der Waals surface area contributed by atoms with Gasteiger partial charge in [0.25, 0.3) is 0 Å². The molecule has 0 atom stereocenters. The van der Waals surface area contributed by atoms with Gasteiger partial charge in [-0.3, -0.25) is 4.79 Å². The van der Waals surface area contributed by atoms with Crippen molar-refractivity contribution in [2.75, 3.05) is 0 Å². The molecule has 0 aliphatic heterocycles. The van der Waals surface area contributed by atoms with Crippen molar-refractivity contribution in [3.63, 3.8) is 0 Å². The van der Waals surface area contributed by atoms with Gasteiger partial charge in [-0.15, -0.1) is 0 Å². The van der Waals surface area contributed by atoms with Crippen LogP contribution < -0.4 is 0 Å². The zero-order chi connectivity index (χ0) is 16.8. The summed E-state index contributed by atoms with van der Waals surface area (Å²) in [6.45, 7) is 10.7. The second-order valence-electron chi connectivity index (χ2n) is 7.36. The average molecular weight is 305 g/mol. The number of carbonyl (C=O) groups is 1. The summed E-state index contributed by atoms with van der Waals surface area (Å²) < 4.78 is 0. The van der Waals surface area contributed by atoms with Crippen LogP contribution in [0.4, 0.5) is 0 Å². The van der Waals surface area contributed by atoms with Crippen LogP contribution in [-0.2, 0) is 5.41 Å². The van der Waals surface area contributed by atoms with Gasteiger partial charge in [0.1, 0.15) is 0 Å². The van der Waals surface area contributed by atoms with Gasteiger partial charge in [0.05, 0.1) is 5.69 Å². The van der Waals surface area contributed by atoms with Gasteiger partial charge in [0, 0.05) is 16.5 Å². The summed E-state index contributed by atoms with van der Waals surface area (Å²) in [6, 6.07) is 12.7. The summed E-state index contributed by atoms with van der Waals surface area (Å²) in [6.07, 6.45) is 0.963. The fourth-order valence-electron chi connectivity index (χ4n) is 3.16. The van der Waals surface area contributed by atoms with Crippen LogP contribution in [0.3, 0.4) is 0 Å². The lowest BCUT2D eigenvalue weighted by Crippen LogP contribution is -2.10. The minimum absolute atomic E-state index is 0.125. The Morgan fingerprint density at radius 1 is 1.00 bits per heavy atom. The Bertz CT molecular complexity index is 877. The standard InChI is InChI=1S/C21H23NO/c1-13-10-14(2)19-17(11-13)18(12-23)20(22-19)15-6-8-16(9-7-15)21(3,4)5/h6-12,22H,1-5H3. The lowest BCUT2D eigenvalue weighted by atomic mass is 9.86. The highest BCUT2D eigenvalue weighted by Crippen LogP contribution is 2.33. The molecule has 1 N–H and O–H groups in total. The summed E-state index contributed by atoms with van der Waals surface area (Å²) in [5.74, 6) is 0. The van der Waals surface area contributed by atoms with Crippen LogP contribution >= 0.6 is 0 Å². The SMILES string of the molecule is Cc1cc(C)c2[nH]c(-c3ccc(C(C)(C)C)cc3)c(C=O)c2c1. The lowest BCUT2D eigenvalue weighted by Gasteiger charge is -2.19. The zero-order valence-corrected chi connectivity index (χ0v) is 14.4. The summed E-state index contributed by atoms with van der Waals surface area (Å²) in [5, 5.41) is 1.01. The van der Waals surface area contributed by atoms with Crippen LogP contribution in [0.1, 0.15) is 47.8 Å². The van der Waals surface area contributed by atoms with Gasteiger partial charge in [-0.25, -0.2) is 0 Å². The number of nitrogens with one attached hydrogen (secondary N) is 1. The number of aryl methyl sites for hydroxylation is 2. The van der Waals surface area contributed by atoms with E-state index >= 15 is 0 Å². The average Bonchev–Trinajstić information content (AvgIpc) is 2.85. The second kappa shape index (κ2) is 5.38. The monoisotopic (exact) mass is 305 g/mol. The van der Waals surface area contributed by atoms with Crippen LogP contribution in [0, 0.1) is 13.8 Å². The van der Waals surface area contributed by atoms with Gasteiger partial charge in [0.2, 0.25) is 0 Å². The highest BCUT2D eigenvalue weighted by atomic mass is 16.1. The quantitative estimate of drug-likeness (QED) is 0.617. The van der Waals surface area contributed by atoms with Gasteiger partial charge in [-0.05, 0) is 42.0 Å². The number of aromatic amines is 1. The molecular weight excluding hydrogens is 282 g/mol. The Labute approximate surface area is 137 Å². The normalized spacial score (nSPS) is 11.9. The number of hydrogen-bond donors (Lipinski definition) is 1. The molecule has 0 aliphatic carbocycles. The molecule has 2 heteroatoms. The maximum Gasteiger partial charge on any atom is 0.152 e. The molecule has 0 fully saturated rings. The molecule has 1 heterocycles. The predicted molar refractivity (Wildman–Crippen MR) is 97.3 cm³/mol. The van der Waals surface area contributed by atoms with Crippen molar-refractivity contribution in [3.05, 3.63) is 58.7 Å². The van der Waals surface area contributed by atoms with E-state index < -0.39 is 0 Å². The van der Waals surface area contributed by atoms with E-state index in [1.807, 2.05) is 0 Å². The molecule has 1 aromatic heterocycles. The first-order valence-corrected chi connectivity index (χ1v) is 8.00. The number of carbonyl (C=O) groups excluding carboxylic acids is 1. The summed E-state index contributed by atoms with van der Waals surface area (Å²) in [5.41, 5.74) is 7.50. The molecule has 0 bridgehead atoms. The van der Waals surface area contributed by atoms with Crippen molar-refractivity contribution < 1.29 is 4.79 Å². The molecule has 2 aromatic carbocycles. The smallest absolute Gasteiger partial charge is 0.152 e. The largest absolute Gasteiger partial charge is 0.354 e. The third kappa shape index (κ3) is 2.70. The molecule has 23 heavy (non-hydrogen) atoms. The summed E-state index contributed by atoms with van der Waals surface area (Å²) >= 11 is 0. The molecule has 0 spiro atoms. The van der Waals surface area contributed by atoms with Crippen LogP contribution in [0.25, 0.3) is 22.2 Å². The van der Waals surface area contributed by atoms with E-state index in [2.05, 4.69) is 76.0 Å². The highest BCUT2D eigenvalue weighted by molar-refractivity contribution is 6.05. The maximum atomic E-state index is 11.7. The Hall–Kier alpha value is -2.35. The molecule has 0 amide bonds. The molecule has 0 saturated heterocycles. The van der Waals surface area contributed by atoms with E-state index in [4.69, 9.17) is 0 Å². The lowest BCUT2D eigenvalue weighted by molar-refractivity contribution is 0.112. The van der Waals surface area contributed by atoms with Crippen molar-refractivity contribution in [2.24, 2.45) is 0 Å². The Morgan fingerprint density at radius 2 is 1.65 bits per heavy atom. The first kappa shape index (κ1) is 15.5. The molecule has 0 aliphatic rings. The molecule has 2 nitrogen and oxygen atoms in total. The van der Waals surface area contributed by atoms with Crippen molar-refractivity contribution >= 4 is 17.2 Å². The first-order valence-electron chi connectivity index (χ1n) is 8.00. The molecule has 0 saturated carbocycles. The van der Waals surface area contributed by atoms with Crippen LogP contribution in [0.5, 0.6) is 0 Å². The van der Waals surface area contributed by atoms with Crippen LogP contribution in [-0.4, -0.2) is 11.3 Å². The number of rotatable bonds is 2. The maximum absolute atomic E-state index is 11.7. The first-order chi connectivity index (χ1) is 10.8. The molecular formula is C21H23NO. The fourth-order valence-corrected chi connectivity index (χ4v) is 3.16. The van der Waals surface area contributed by atoms with Crippen LogP contribution in [0.2, 0.25) is 0 Å². The van der Waals surface area contributed by atoms with E-state index in [1.54, 1.807) is 0 Å². The Balaban J connectivity index is 2.20. The summed E-state index contributed by atoms with van der Waals surface area (Å²) in [4.78, 5) is 15.2. The zero-order valence-electron chi connectivity index (χ0n) is 14.4. The number of fused-ring (bicyclic) bond motifs is 1. The number of aromatic nitrogens is 1. The predicted octanol–water partition coefficient (Wildman–Crippen LogP) is 5.56. The topological polar surface area (TPSA) is 32.9 Å². The second-order valence-corrected chi connectivity index (χ2v) is 7.36. The van der Waals surface area contributed by atoms with Crippen molar-refractivity contribution in [1.29, 1.82) is 0 Å². The van der Waals surface area contributed by atoms with E-state index in [0.29, 0.717) is 0 Å². The van der Waals surface area contributed by atoms with Crippen molar-refractivity contribution in [2.45, 2.75) is 40.0 Å². The minimum Gasteiger partial charge on any atom is -0.354 e.